The Morgan fingerprint density at radius 2 is 1.78 bits per heavy atom. The summed E-state index contributed by atoms with van der Waals surface area (Å²) in [5.41, 5.74) is 1.32. The second-order valence-electron chi connectivity index (χ2n) is 8.55. The monoisotopic (exact) mass is 490 g/mol. The van der Waals surface area contributed by atoms with E-state index < -0.39 is 17.7 Å². The predicted octanol–water partition coefficient (Wildman–Crippen LogP) is 3.75. The Labute approximate surface area is 208 Å². The van der Waals surface area contributed by atoms with E-state index in [9.17, 15) is 18.8 Å². The molecule has 2 aromatic carbocycles. The van der Waals surface area contributed by atoms with E-state index in [0.717, 1.165) is 0 Å². The highest BCUT2D eigenvalue weighted by molar-refractivity contribution is 6.05. The van der Waals surface area contributed by atoms with Gasteiger partial charge in [0.1, 0.15) is 17.1 Å². The SMILES string of the molecule is CCOC(=O)c1c(C)nc(-c2ccccc2)nc1C(=O)N1CCN(C(=O)c2cccc(F)c2)C(C)C1. The molecule has 1 aliphatic heterocycles. The molecule has 0 bridgehead atoms. The van der Waals surface area contributed by atoms with Crippen molar-refractivity contribution < 1.29 is 23.5 Å². The van der Waals surface area contributed by atoms with Crippen LogP contribution in [0.15, 0.2) is 54.6 Å². The summed E-state index contributed by atoms with van der Waals surface area (Å²) in [6.45, 7) is 6.02. The number of ether oxygens (including phenoxy) is 1. The summed E-state index contributed by atoms with van der Waals surface area (Å²) >= 11 is 0. The molecule has 0 N–H and O–H groups in total. The van der Waals surface area contributed by atoms with Crippen LogP contribution < -0.4 is 0 Å². The van der Waals surface area contributed by atoms with E-state index in [-0.39, 0.29) is 55.0 Å². The number of piperazine rings is 1. The van der Waals surface area contributed by atoms with Gasteiger partial charge in [-0.15, -0.1) is 0 Å². The molecule has 0 aliphatic carbocycles. The number of hydrogen-bond donors (Lipinski definition) is 0. The summed E-state index contributed by atoms with van der Waals surface area (Å²) in [6, 6.07) is 14.4. The van der Waals surface area contributed by atoms with Crippen molar-refractivity contribution in [3.8, 4) is 11.4 Å². The lowest BCUT2D eigenvalue weighted by atomic mass is 10.1. The molecule has 0 spiro atoms. The fourth-order valence-corrected chi connectivity index (χ4v) is 4.27. The largest absolute Gasteiger partial charge is 0.462 e. The first kappa shape index (κ1) is 25.0. The molecule has 1 saturated heterocycles. The number of amides is 2. The van der Waals surface area contributed by atoms with Gasteiger partial charge in [0.2, 0.25) is 0 Å². The summed E-state index contributed by atoms with van der Waals surface area (Å²) in [4.78, 5) is 51.5. The second-order valence-corrected chi connectivity index (χ2v) is 8.55. The van der Waals surface area contributed by atoms with Crippen LogP contribution in [0.2, 0.25) is 0 Å². The number of esters is 1. The molecule has 36 heavy (non-hydrogen) atoms. The molecule has 9 heteroatoms. The molecule has 1 fully saturated rings. The smallest absolute Gasteiger partial charge is 0.342 e. The van der Waals surface area contributed by atoms with Crippen molar-refractivity contribution in [2.45, 2.75) is 26.8 Å². The number of nitrogens with zero attached hydrogens (tertiary/aromatic N) is 4. The maximum atomic E-state index is 13.7. The summed E-state index contributed by atoms with van der Waals surface area (Å²) in [7, 11) is 0. The summed E-state index contributed by atoms with van der Waals surface area (Å²) in [5.74, 6) is -1.55. The normalized spacial score (nSPS) is 15.5. The Hall–Kier alpha value is -4.14. The third kappa shape index (κ3) is 5.10. The highest BCUT2D eigenvalue weighted by Crippen LogP contribution is 2.23. The predicted molar refractivity (Wildman–Crippen MR) is 131 cm³/mol. The fraction of sp³-hybridized carbons (Fsp3) is 0.296. The Morgan fingerprint density at radius 1 is 1.03 bits per heavy atom. The van der Waals surface area contributed by atoms with Gasteiger partial charge in [0.15, 0.2) is 5.82 Å². The van der Waals surface area contributed by atoms with E-state index in [1.165, 1.54) is 18.2 Å². The molecule has 186 valence electrons. The van der Waals surface area contributed by atoms with Crippen molar-refractivity contribution >= 4 is 17.8 Å². The van der Waals surface area contributed by atoms with Crippen LogP contribution in [-0.2, 0) is 4.74 Å². The molecule has 4 rings (SSSR count). The number of hydrogen-bond acceptors (Lipinski definition) is 6. The summed E-state index contributed by atoms with van der Waals surface area (Å²) in [5, 5.41) is 0. The van der Waals surface area contributed by atoms with E-state index >= 15 is 0 Å². The average molecular weight is 491 g/mol. The number of rotatable bonds is 5. The Bertz CT molecular complexity index is 1300. The van der Waals surface area contributed by atoms with Gasteiger partial charge in [-0.25, -0.2) is 19.2 Å². The van der Waals surface area contributed by atoms with Crippen LogP contribution in [0.5, 0.6) is 0 Å². The molecular weight excluding hydrogens is 463 g/mol. The van der Waals surface area contributed by atoms with Gasteiger partial charge in [-0.05, 0) is 39.0 Å². The van der Waals surface area contributed by atoms with Gasteiger partial charge in [0.25, 0.3) is 11.8 Å². The highest BCUT2D eigenvalue weighted by Gasteiger charge is 2.34. The number of aryl methyl sites for hydroxylation is 1. The zero-order chi connectivity index (χ0) is 25.8. The Balaban J connectivity index is 1.63. The molecule has 0 saturated carbocycles. The standard InChI is InChI=1S/C27H27FN4O4/c1-4-36-27(35)22-18(3)29-24(19-9-6-5-7-10-19)30-23(22)26(34)31-13-14-32(17(2)16-31)25(33)20-11-8-12-21(28)15-20/h5-12,15,17H,4,13-14,16H2,1-3H3. The van der Waals surface area contributed by atoms with E-state index in [0.29, 0.717) is 17.1 Å². The lowest BCUT2D eigenvalue weighted by Gasteiger charge is -2.40. The zero-order valence-electron chi connectivity index (χ0n) is 20.4. The molecule has 1 aromatic heterocycles. The first-order chi connectivity index (χ1) is 17.3. The van der Waals surface area contributed by atoms with E-state index in [2.05, 4.69) is 9.97 Å². The maximum absolute atomic E-state index is 13.7. The Morgan fingerprint density at radius 3 is 2.44 bits per heavy atom. The number of carbonyl (C=O) groups is 3. The van der Waals surface area contributed by atoms with E-state index in [1.54, 1.807) is 29.7 Å². The maximum Gasteiger partial charge on any atom is 0.342 e. The molecule has 1 aliphatic rings. The lowest BCUT2D eigenvalue weighted by Crippen LogP contribution is -2.55. The second kappa shape index (κ2) is 10.6. The van der Waals surface area contributed by atoms with Gasteiger partial charge in [-0.3, -0.25) is 9.59 Å². The molecule has 2 amide bonds. The number of benzene rings is 2. The van der Waals surface area contributed by atoms with Gasteiger partial charge < -0.3 is 14.5 Å². The van der Waals surface area contributed by atoms with Crippen molar-refractivity contribution in [2.75, 3.05) is 26.2 Å². The van der Waals surface area contributed by atoms with Crippen LogP contribution in [0.25, 0.3) is 11.4 Å². The van der Waals surface area contributed by atoms with Crippen molar-refractivity contribution in [3.63, 3.8) is 0 Å². The van der Waals surface area contributed by atoms with Crippen LogP contribution in [-0.4, -0.2) is 69.8 Å². The van der Waals surface area contributed by atoms with Gasteiger partial charge >= 0.3 is 5.97 Å². The van der Waals surface area contributed by atoms with Gasteiger partial charge in [0, 0.05) is 36.8 Å². The van der Waals surface area contributed by atoms with Gasteiger partial charge in [-0.1, -0.05) is 36.4 Å². The minimum Gasteiger partial charge on any atom is -0.462 e. The van der Waals surface area contributed by atoms with Gasteiger partial charge in [0.05, 0.1) is 12.3 Å². The lowest BCUT2D eigenvalue weighted by molar-refractivity contribution is 0.0406. The summed E-state index contributed by atoms with van der Waals surface area (Å²) in [6.07, 6.45) is 0. The molecule has 8 nitrogen and oxygen atoms in total. The number of carbonyl (C=O) groups excluding carboxylic acids is 3. The topological polar surface area (TPSA) is 92.7 Å². The molecule has 0 radical (unpaired) electrons. The average Bonchev–Trinajstić information content (AvgIpc) is 2.88. The highest BCUT2D eigenvalue weighted by atomic mass is 19.1. The first-order valence-corrected chi connectivity index (χ1v) is 11.8. The van der Waals surface area contributed by atoms with Crippen molar-refractivity contribution in [1.82, 2.24) is 19.8 Å². The van der Waals surface area contributed by atoms with Crippen LogP contribution >= 0.6 is 0 Å². The Kier molecular flexibility index (Phi) is 7.38. The van der Waals surface area contributed by atoms with Gasteiger partial charge in [-0.2, -0.15) is 0 Å². The van der Waals surface area contributed by atoms with Crippen molar-refractivity contribution in [2.24, 2.45) is 0 Å². The molecule has 3 aromatic rings. The quantitative estimate of drug-likeness (QED) is 0.506. The first-order valence-electron chi connectivity index (χ1n) is 11.8. The molecule has 1 unspecified atom stereocenters. The van der Waals surface area contributed by atoms with Crippen LogP contribution in [0.1, 0.15) is 50.7 Å². The van der Waals surface area contributed by atoms with Crippen LogP contribution in [0, 0.1) is 12.7 Å². The third-order valence-electron chi connectivity index (χ3n) is 6.05. The van der Waals surface area contributed by atoms with Crippen molar-refractivity contribution in [3.05, 3.63) is 82.9 Å². The van der Waals surface area contributed by atoms with Crippen LogP contribution in [0.4, 0.5) is 4.39 Å². The number of halogens is 1. The minimum absolute atomic E-state index is 0.0306. The van der Waals surface area contributed by atoms with Crippen LogP contribution in [0.3, 0.4) is 0 Å². The van der Waals surface area contributed by atoms with E-state index in [1.807, 2.05) is 37.3 Å². The molecule has 2 heterocycles. The number of aromatic nitrogens is 2. The molecule has 1 atom stereocenters. The summed E-state index contributed by atoms with van der Waals surface area (Å²) < 4.78 is 18.8. The fourth-order valence-electron chi connectivity index (χ4n) is 4.27. The van der Waals surface area contributed by atoms with Crippen molar-refractivity contribution in [1.29, 1.82) is 0 Å². The van der Waals surface area contributed by atoms with E-state index in [4.69, 9.17) is 4.74 Å². The minimum atomic E-state index is -0.661. The molecular formula is C27H27FN4O4. The zero-order valence-corrected chi connectivity index (χ0v) is 20.4. The third-order valence-corrected chi connectivity index (χ3v) is 6.05.